The van der Waals surface area contributed by atoms with Crippen LogP contribution < -0.4 is 5.32 Å². The Labute approximate surface area is 124 Å². The minimum Gasteiger partial charge on any atom is -0.339 e. The number of halogens is 2. The minimum atomic E-state index is -0.879. The van der Waals surface area contributed by atoms with E-state index >= 15 is 0 Å². The predicted molar refractivity (Wildman–Crippen MR) is 77.7 cm³/mol. The quantitative estimate of drug-likeness (QED) is 0.930. The number of rotatable bonds is 3. The van der Waals surface area contributed by atoms with Crippen LogP contribution in [-0.4, -0.2) is 30.4 Å². The monoisotopic (exact) mass is 296 g/mol. The third-order valence-electron chi connectivity index (χ3n) is 4.33. The van der Waals surface area contributed by atoms with Gasteiger partial charge in [-0.1, -0.05) is 6.07 Å². The number of benzene rings is 1. The van der Waals surface area contributed by atoms with Gasteiger partial charge in [-0.3, -0.25) is 4.79 Å². The second-order valence-corrected chi connectivity index (χ2v) is 5.88. The van der Waals surface area contributed by atoms with Crippen molar-refractivity contribution in [2.45, 2.75) is 38.8 Å². The van der Waals surface area contributed by atoms with Crippen molar-refractivity contribution in [3.05, 3.63) is 35.4 Å². The van der Waals surface area contributed by atoms with Gasteiger partial charge in [-0.2, -0.15) is 0 Å². The molecule has 1 amide bonds. The lowest BCUT2D eigenvalue weighted by Crippen LogP contribution is -2.43. The predicted octanol–water partition coefficient (Wildman–Crippen LogP) is 2.87. The molecular formula is C16H22F2N2O. The van der Waals surface area contributed by atoms with E-state index in [2.05, 4.69) is 12.2 Å². The van der Waals surface area contributed by atoms with Crippen molar-refractivity contribution in [1.82, 2.24) is 10.2 Å². The number of hydrogen-bond donors (Lipinski definition) is 1. The van der Waals surface area contributed by atoms with Gasteiger partial charge in [0.15, 0.2) is 11.6 Å². The number of nitrogens with zero attached hydrogens (tertiary/aromatic N) is 1. The molecule has 0 radical (unpaired) electrons. The van der Waals surface area contributed by atoms with E-state index in [1.54, 1.807) is 11.9 Å². The molecule has 0 spiro atoms. The zero-order valence-corrected chi connectivity index (χ0v) is 12.7. The Balaban J connectivity index is 2.08. The first kappa shape index (κ1) is 15.9. The first-order valence-corrected chi connectivity index (χ1v) is 7.35. The van der Waals surface area contributed by atoms with Crippen molar-refractivity contribution < 1.29 is 13.6 Å². The Morgan fingerprint density at radius 1 is 1.38 bits per heavy atom. The van der Waals surface area contributed by atoms with Crippen molar-refractivity contribution in [1.29, 1.82) is 0 Å². The van der Waals surface area contributed by atoms with Gasteiger partial charge in [-0.05, 0) is 50.9 Å². The molecule has 1 aromatic carbocycles. The van der Waals surface area contributed by atoms with Gasteiger partial charge in [0.05, 0.1) is 6.04 Å². The van der Waals surface area contributed by atoms with Gasteiger partial charge in [-0.15, -0.1) is 0 Å². The highest BCUT2D eigenvalue weighted by molar-refractivity contribution is 5.79. The fourth-order valence-electron chi connectivity index (χ4n) is 2.83. The van der Waals surface area contributed by atoms with Gasteiger partial charge < -0.3 is 10.2 Å². The lowest BCUT2D eigenvalue weighted by atomic mass is 9.91. The van der Waals surface area contributed by atoms with Crippen molar-refractivity contribution >= 4 is 5.91 Å². The summed E-state index contributed by atoms with van der Waals surface area (Å²) in [6.45, 7) is 4.73. The number of amides is 1. The molecule has 116 valence electrons. The zero-order chi connectivity index (χ0) is 15.6. The van der Waals surface area contributed by atoms with E-state index in [-0.39, 0.29) is 17.9 Å². The summed E-state index contributed by atoms with van der Waals surface area (Å²) in [5.74, 6) is -1.68. The summed E-state index contributed by atoms with van der Waals surface area (Å²) >= 11 is 0. The smallest absolute Gasteiger partial charge is 0.226 e. The van der Waals surface area contributed by atoms with Gasteiger partial charge in [0.1, 0.15) is 0 Å². The molecule has 3 nitrogen and oxygen atoms in total. The van der Waals surface area contributed by atoms with Crippen LogP contribution in [0.1, 0.15) is 38.3 Å². The van der Waals surface area contributed by atoms with Crippen molar-refractivity contribution in [2.75, 3.05) is 13.6 Å². The van der Waals surface area contributed by atoms with Crippen molar-refractivity contribution in [2.24, 2.45) is 5.92 Å². The Bertz CT molecular complexity index is 521. The van der Waals surface area contributed by atoms with E-state index in [0.29, 0.717) is 11.6 Å². The number of hydrogen-bond acceptors (Lipinski definition) is 2. The molecule has 1 saturated heterocycles. The highest BCUT2D eigenvalue weighted by Gasteiger charge is 2.29. The molecule has 1 aliphatic rings. The van der Waals surface area contributed by atoms with Gasteiger partial charge >= 0.3 is 0 Å². The Kier molecular flexibility index (Phi) is 4.93. The Morgan fingerprint density at radius 3 is 2.71 bits per heavy atom. The van der Waals surface area contributed by atoms with E-state index in [0.717, 1.165) is 31.5 Å². The maximum absolute atomic E-state index is 13.3. The third kappa shape index (κ3) is 3.59. The average Bonchev–Trinajstić information content (AvgIpc) is 2.47. The highest BCUT2D eigenvalue weighted by Crippen LogP contribution is 2.25. The lowest BCUT2D eigenvalue weighted by Gasteiger charge is -2.33. The number of carbonyl (C=O) groups excluding carboxylic acids is 1. The van der Waals surface area contributed by atoms with Crippen molar-refractivity contribution in [3.8, 4) is 0 Å². The van der Waals surface area contributed by atoms with Crippen LogP contribution in [0, 0.1) is 17.6 Å². The van der Waals surface area contributed by atoms with Crippen LogP contribution in [0.3, 0.4) is 0 Å². The molecule has 1 heterocycles. The molecule has 2 rings (SSSR count). The first-order chi connectivity index (χ1) is 9.90. The molecule has 0 aliphatic carbocycles. The number of piperidine rings is 1. The Hall–Kier alpha value is -1.49. The lowest BCUT2D eigenvalue weighted by molar-refractivity contribution is -0.137. The summed E-state index contributed by atoms with van der Waals surface area (Å²) in [5.41, 5.74) is 0.603. The summed E-state index contributed by atoms with van der Waals surface area (Å²) in [6.07, 6.45) is 1.63. The molecule has 1 fully saturated rings. The van der Waals surface area contributed by atoms with Gasteiger partial charge in [0.25, 0.3) is 0 Å². The van der Waals surface area contributed by atoms with Crippen LogP contribution in [0.2, 0.25) is 0 Å². The molecule has 1 unspecified atom stereocenters. The SMILES string of the molecule is CC(c1ccc(F)c(F)c1)N(C)C(=O)[C@H]1CCN[C@@H](C)C1. The summed E-state index contributed by atoms with van der Waals surface area (Å²) in [6, 6.07) is 3.84. The second kappa shape index (κ2) is 6.52. The molecule has 3 atom stereocenters. The molecule has 21 heavy (non-hydrogen) atoms. The molecule has 1 N–H and O–H groups in total. The Morgan fingerprint density at radius 2 is 2.10 bits per heavy atom. The standard InChI is InChI=1S/C16H22F2N2O/c1-10-8-13(6-7-19-10)16(21)20(3)11(2)12-4-5-14(17)15(18)9-12/h4-5,9-11,13,19H,6-8H2,1-3H3/t10-,11?,13-/m0/s1. The molecule has 0 saturated carbocycles. The van der Waals surface area contributed by atoms with Crippen LogP contribution in [0.5, 0.6) is 0 Å². The molecule has 5 heteroatoms. The van der Waals surface area contributed by atoms with Crippen LogP contribution in [-0.2, 0) is 4.79 Å². The second-order valence-electron chi connectivity index (χ2n) is 5.88. The van der Waals surface area contributed by atoms with Crippen LogP contribution in [0.15, 0.2) is 18.2 Å². The normalized spacial score (nSPS) is 23.7. The number of nitrogens with one attached hydrogen (secondary N) is 1. The molecular weight excluding hydrogens is 274 g/mol. The molecule has 1 aliphatic heterocycles. The van der Waals surface area contributed by atoms with Gasteiger partial charge in [0, 0.05) is 19.0 Å². The largest absolute Gasteiger partial charge is 0.339 e. The maximum Gasteiger partial charge on any atom is 0.226 e. The third-order valence-corrected chi connectivity index (χ3v) is 4.33. The van der Waals surface area contributed by atoms with Crippen LogP contribution in [0.25, 0.3) is 0 Å². The van der Waals surface area contributed by atoms with E-state index in [1.165, 1.54) is 6.07 Å². The summed E-state index contributed by atoms with van der Waals surface area (Å²) < 4.78 is 26.3. The highest BCUT2D eigenvalue weighted by atomic mass is 19.2. The molecule has 0 bridgehead atoms. The van der Waals surface area contributed by atoms with E-state index in [4.69, 9.17) is 0 Å². The van der Waals surface area contributed by atoms with E-state index in [9.17, 15) is 13.6 Å². The summed E-state index contributed by atoms with van der Waals surface area (Å²) in [4.78, 5) is 14.2. The minimum absolute atomic E-state index is 0.000930. The van der Waals surface area contributed by atoms with E-state index in [1.807, 2.05) is 6.92 Å². The van der Waals surface area contributed by atoms with Crippen LogP contribution in [0.4, 0.5) is 8.78 Å². The summed E-state index contributed by atoms with van der Waals surface area (Å²) in [5, 5.41) is 3.32. The first-order valence-electron chi connectivity index (χ1n) is 7.35. The zero-order valence-electron chi connectivity index (χ0n) is 12.7. The molecule has 1 aromatic rings. The topological polar surface area (TPSA) is 32.3 Å². The van der Waals surface area contributed by atoms with Crippen molar-refractivity contribution in [3.63, 3.8) is 0 Å². The van der Waals surface area contributed by atoms with E-state index < -0.39 is 11.6 Å². The van der Waals surface area contributed by atoms with Gasteiger partial charge in [-0.25, -0.2) is 8.78 Å². The average molecular weight is 296 g/mol. The maximum atomic E-state index is 13.3. The number of carbonyl (C=O) groups is 1. The summed E-state index contributed by atoms with van der Waals surface area (Å²) in [7, 11) is 1.72. The molecule has 0 aromatic heterocycles. The van der Waals surface area contributed by atoms with Crippen LogP contribution >= 0.6 is 0 Å². The van der Waals surface area contributed by atoms with Gasteiger partial charge in [0.2, 0.25) is 5.91 Å². The fourth-order valence-corrected chi connectivity index (χ4v) is 2.83. The fraction of sp³-hybridized carbons (Fsp3) is 0.562.